The molecule has 0 bridgehead atoms. The molecule has 0 saturated carbocycles. The molecule has 2 aromatic rings. The van der Waals surface area contributed by atoms with Crippen LogP contribution in [0.2, 0.25) is 5.15 Å². The van der Waals surface area contributed by atoms with Gasteiger partial charge in [0.05, 0.1) is 12.8 Å². The second-order valence-corrected chi connectivity index (χ2v) is 6.93. The number of rotatable bonds is 7. The molecule has 1 atom stereocenters. The number of nitrogens with one attached hydrogen (secondary N) is 1. The molecule has 7 heteroatoms. The number of methoxy groups -OCH3 is 1. The number of hydrogen-bond donors (Lipinski definition) is 1. The van der Waals surface area contributed by atoms with Crippen molar-refractivity contribution < 1.29 is 14.3 Å². The van der Waals surface area contributed by atoms with E-state index in [1.807, 2.05) is 13.0 Å². The van der Waals surface area contributed by atoms with Crippen LogP contribution < -0.4 is 5.32 Å². The Labute approximate surface area is 164 Å². The van der Waals surface area contributed by atoms with Crippen molar-refractivity contribution in [2.45, 2.75) is 33.4 Å². The third kappa shape index (κ3) is 5.44. The highest BCUT2D eigenvalue weighted by atomic mass is 35.5. The summed E-state index contributed by atoms with van der Waals surface area (Å²) in [4.78, 5) is 24.4. The van der Waals surface area contributed by atoms with Gasteiger partial charge in [0.25, 0.3) is 0 Å². The second kappa shape index (κ2) is 9.37. The third-order valence-corrected chi connectivity index (χ3v) is 4.30. The lowest BCUT2D eigenvalue weighted by atomic mass is 10.1. The lowest BCUT2D eigenvalue weighted by molar-refractivity contribution is -0.144. The van der Waals surface area contributed by atoms with Gasteiger partial charge in [-0.25, -0.2) is 4.79 Å². The summed E-state index contributed by atoms with van der Waals surface area (Å²) in [6.07, 6.45) is 2.95. The third-order valence-electron chi connectivity index (χ3n) is 3.91. The van der Waals surface area contributed by atoms with Gasteiger partial charge < -0.3 is 10.1 Å². The van der Waals surface area contributed by atoms with E-state index >= 15 is 0 Å². The Morgan fingerprint density at radius 1 is 1.30 bits per heavy atom. The maximum Gasteiger partial charge on any atom is 0.333 e. The molecule has 0 aliphatic rings. The van der Waals surface area contributed by atoms with Crippen LogP contribution in [0.4, 0.5) is 0 Å². The lowest BCUT2D eigenvalue weighted by Gasteiger charge is -2.15. The molecule has 0 radical (unpaired) electrons. The molecule has 2 rings (SSSR count). The normalized spacial score (nSPS) is 12.4. The van der Waals surface area contributed by atoms with Crippen LogP contribution in [-0.2, 0) is 20.9 Å². The maximum atomic E-state index is 12.4. The SMILES string of the molecule is COC(=O)C(NC(=O)C=Cc1c(C)nn(CC(C)C)c1Cl)c1ccccc1. The van der Waals surface area contributed by atoms with Gasteiger partial charge in [-0.3, -0.25) is 9.48 Å². The molecule has 1 amide bonds. The second-order valence-electron chi connectivity index (χ2n) is 6.57. The zero-order chi connectivity index (χ0) is 20.0. The highest BCUT2D eigenvalue weighted by Crippen LogP contribution is 2.22. The highest BCUT2D eigenvalue weighted by Gasteiger charge is 2.22. The number of aromatic nitrogens is 2. The van der Waals surface area contributed by atoms with Gasteiger partial charge in [0, 0.05) is 18.2 Å². The van der Waals surface area contributed by atoms with Gasteiger partial charge in [0.15, 0.2) is 6.04 Å². The van der Waals surface area contributed by atoms with Gasteiger partial charge in [0.2, 0.25) is 5.91 Å². The summed E-state index contributed by atoms with van der Waals surface area (Å²) < 4.78 is 6.52. The average Bonchev–Trinajstić information content (AvgIpc) is 2.90. The molecule has 0 aliphatic carbocycles. The van der Waals surface area contributed by atoms with Gasteiger partial charge >= 0.3 is 5.97 Å². The fourth-order valence-electron chi connectivity index (χ4n) is 2.61. The maximum absolute atomic E-state index is 12.4. The molecule has 6 nitrogen and oxygen atoms in total. The number of hydrogen-bond acceptors (Lipinski definition) is 4. The Bertz CT molecular complexity index is 828. The number of ether oxygens (including phenoxy) is 1. The minimum Gasteiger partial charge on any atom is -0.467 e. The van der Waals surface area contributed by atoms with Crippen LogP contribution in [-0.4, -0.2) is 28.8 Å². The molecule has 27 heavy (non-hydrogen) atoms. The van der Waals surface area contributed by atoms with Crippen LogP contribution in [0.1, 0.15) is 36.7 Å². The van der Waals surface area contributed by atoms with E-state index in [1.165, 1.54) is 13.2 Å². The molecule has 1 heterocycles. The molecule has 144 valence electrons. The fraction of sp³-hybridized carbons (Fsp3) is 0.350. The van der Waals surface area contributed by atoms with Crippen LogP contribution >= 0.6 is 11.6 Å². The summed E-state index contributed by atoms with van der Waals surface area (Å²) in [6, 6.07) is 8.04. The Hall–Kier alpha value is -2.60. The number of aryl methyl sites for hydroxylation is 1. The number of nitrogens with zero attached hydrogens (tertiary/aromatic N) is 2. The van der Waals surface area contributed by atoms with E-state index in [2.05, 4.69) is 24.3 Å². The Morgan fingerprint density at radius 2 is 1.96 bits per heavy atom. The van der Waals surface area contributed by atoms with Crippen LogP contribution in [0, 0.1) is 12.8 Å². The first-order chi connectivity index (χ1) is 12.8. The predicted molar refractivity (Wildman–Crippen MR) is 105 cm³/mol. The first-order valence-electron chi connectivity index (χ1n) is 8.67. The standard InChI is InChI=1S/C20H24ClN3O3/c1-13(2)12-24-19(21)16(14(3)23-24)10-11-17(25)22-18(20(26)27-4)15-8-6-5-7-9-15/h5-11,13,18H,12H2,1-4H3,(H,22,25). The molecule has 0 saturated heterocycles. The smallest absolute Gasteiger partial charge is 0.333 e. The zero-order valence-electron chi connectivity index (χ0n) is 15.9. The van der Waals surface area contributed by atoms with Crippen LogP contribution in [0.5, 0.6) is 0 Å². The average molecular weight is 390 g/mol. The minimum absolute atomic E-state index is 0.397. The number of carbonyl (C=O) groups is 2. The number of halogens is 1. The van der Waals surface area contributed by atoms with Crippen molar-refractivity contribution in [1.29, 1.82) is 0 Å². The first kappa shape index (κ1) is 20.7. The van der Waals surface area contributed by atoms with E-state index in [0.29, 0.717) is 28.7 Å². The number of carbonyl (C=O) groups excluding carboxylic acids is 2. The van der Waals surface area contributed by atoms with Crippen molar-refractivity contribution in [2.75, 3.05) is 7.11 Å². The van der Waals surface area contributed by atoms with Gasteiger partial charge in [-0.15, -0.1) is 0 Å². The van der Waals surface area contributed by atoms with E-state index in [4.69, 9.17) is 16.3 Å². The van der Waals surface area contributed by atoms with E-state index in [9.17, 15) is 9.59 Å². The minimum atomic E-state index is -0.881. The molecule has 0 spiro atoms. The van der Waals surface area contributed by atoms with Gasteiger partial charge in [-0.05, 0) is 24.5 Å². The monoisotopic (exact) mass is 389 g/mol. The van der Waals surface area contributed by atoms with Crippen molar-refractivity contribution in [3.63, 3.8) is 0 Å². The number of benzene rings is 1. The van der Waals surface area contributed by atoms with Crippen molar-refractivity contribution in [2.24, 2.45) is 5.92 Å². The van der Waals surface area contributed by atoms with E-state index in [0.717, 1.165) is 5.69 Å². The van der Waals surface area contributed by atoms with Crippen LogP contribution in [0.3, 0.4) is 0 Å². The predicted octanol–water partition coefficient (Wildman–Crippen LogP) is 3.54. The van der Waals surface area contributed by atoms with Gasteiger partial charge in [-0.2, -0.15) is 5.10 Å². The summed E-state index contributed by atoms with van der Waals surface area (Å²) >= 11 is 6.38. The molecule has 1 N–H and O–H groups in total. The van der Waals surface area contributed by atoms with Gasteiger partial charge in [0.1, 0.15) is 5.15 Å². The number of esters is 1. The molecular weight excluding hydrogens is 366 g/mol. The summed E-state index contributed by atoms with van der Waals surface area (Å²) in [5, 5.41) is 7.55. The first-order valence-corrected chi connectivity index (χ1v) is 9.05. The fourth-order valence-corrected chi connectivity index (χ4v) is 2.92. The topological polar surface area (TPSA) is 73.2 Å². The number of amides is 1. The molecule has 1 aromatic carbocycles. The van der Waals surface area contributed by atoms with Crippen molar-refractivity contribution in [3.8, 4) is 0 Å². The summed E-state index contributed by atoms with van der Waals surface area (Å²) in [7, 11) is 1.28. The van der Waals surface area contributed by atoms with Crippen LogP contribution in [0.15, 0.2) is 36.4 Å². The summed E-state index contributed by atoms with van der Waals surface area (Å²) in [5.74, 6) is -0.572. The molecule has 0 fully saturated rings. The quantitative estimate of drug-likeness (QED) is 0.580. The lowest BCUT2D eigenvalue weighted by Crippen LogP contribution is -2.33. The zero-order valence-corrected chi connectivity index (χ0v) is 16.7. The van der Waals surface area contributed by atoms with Crippen molar-refractivity contribution in [3.05, 3.63) is 58.4 Å². The van der Waals surface area contributed by atoms with Crippen molar-refractivity contribution >= 4 is 29.6 Å². The summed E-state index contributed by atoms with van der Waals surface area (Å²) in [5.41, 5.74) is 2.06. The van der Waals surface area contributed by atoms with Gasteiger partial charge in [-0.1, -0.05) is 55.8 Å². The van der Waals surface area contributed by atoms with E-state index in [1.54, 1.807) is 35.0 Å². The van der Waals surface area contributed by atoms with Crippen molar-refractivity contribution in [1.82, 2.24) is 15.1 Å². The van der Waals surface area contributed by atoms with Crippen LogP contribution in [0.25, 0.3) is 6.08 Å². The summed E-state index contributed by atoms with van der Waals surface area (Å²) in [6.45, 7) is 6.68. The van der Waals surface area contributed by atoms with E-state index in [-0.39, 0.29) is 0 Å². The molecule has 1 unspecified atom stereocenters. The Balaban J connectivity index is 2.16. The molecular formula is C20H24ClN3O3. The highest BCUT2D eigenvalue weighted by molar-refractivity contribution is 6.31. The Morgan fingerprint density at radius 3 is 2.56 bits per heavy atom. The largest absolute Gasteiger partial charge is 0.467 e. The molecule has 1 aromatic heterocycles. The Kier molecular flexibility index (Phi) is 7.19. The molecule has 0 aliphatic heterocycles. The van der Waals surface area contributed by atoms with E-state index < -0.39 is 17.9 Å².